The highest BCUT2D eigenvalue weighted by Gasteiger charge is 2.28. The number of carbonyl (C=O) groups excluding carboxylic acids is 1. The van der Waals surface area contributed by atoms with E-state index in [1.807, 2.05) is 24.3 Å². The highest BCUT2D eigenvalue weighted by atomic mass is 16.5. The average molecular weight is 312 g/mol. The van der Waals surface area contributed by atoms with Crippen LogP contribution in [0.1, 0.15) is 11.1 Å². The van der Waals surface area contributed by atoms with Crippen molar-refractivity contribution in [3.63, 3.8) is 0 Å². The van der Waals surface area contributed by atoms with Gasteiger partial charge in [0.05, 0.1) is 5.92 Å². The summed E-state index contributed by atoms with van der Waals surface area (Å²) in [6.07, 6.45) is 4.18. The zero-order chi connectivity index (χ0) is 16.2. The number of benzene rings is 1. The SMILES string of the molecule is CNc1ncc(CN(C)C(=O)[C@@H]2COc3ccccc3C2)cn1. The number of nitrogens with zero attached hydrogens (tertiary/aromatic N) is 3. The maximum Gasteiger partial charge on any atom is 0.229 e. The molecule has 6 nitrogen and oxygen atoms in total. The third-order valence-electron chi connectivity index (χ3n) is 3.95. The molecule has 6 heteroatoms. The fourth-order valence-corrected chi connectivity index (χ4v) is 2.72. The number of para-hydroxylation sites is 1. The summed E-state index contributed by atoms with van der Waals surface area (Å²) in [4.78, 5) is 22.7. The molecule has 0 saturated carbocycles. The molecule has 0 unspecified atom stereocenters. The number of ether oxygens (including phenoxy) is 1. The highest BCUT2D eigenvalue weighted by Crippen LogP contribution is 2.27. The van der Waals surface area contributed by atoms with E-state index in [-0.39, 0.29) is 11.8 Å². The lowest BCUT2D eigenvalue weighted by Crippen LogP contribution is -2.38. The van der Waals surface area contributed by atoms with Crippen LogP contribution in [-0.4, -0.2) is 41.5 Å². The first-order valence-corrected chi connectivity index (χ1v) is 7.61. The van der Waals surface area contributed by atoms with Crippen molar-refractivity contribution in [2.45, 2.75) is 13.0 Å². The third kappa shape index (κ3) is 3.41. The van der Waals surface area contributed by atoms with Gasteiger partial charge in [-0.3, -0.25) is 4.79 Å². The maximum absolute atomic E-state index is 12.6. The summed E-state index contributed by atoms with van der Waals surface area (Å²) in [6, 6.07) is 7.88. The van der Waals surface area contributed by atoms with Gasteiger partial charge in [-0.1, -0.05) is 18.2 Å². The number of nitrogens with one attached hydrogen (secondary N) is 1. The van der Waals surface area contributed by atoms with Crippen molar-refractivity contribution in [2.75, 3.05) is 26.0 Å². The standard InChI is InChI=1S/C17H20N4O2/c1-18-17-19-8-12(9-20-17)10-21(2)16(22)14-7-13-5-3-4-6-15(13)23-11-14/h3-6,8-9,14H,7,10-11H2,1-2H3,(H,18,19,20)/t14-/m0/s1. The van der Waals surface area contributed by atoms with E-state index in [1.165, 1.54) is 0 Å². The van der Waals surface area contributed by atoms with Gasteiger partial charge in [0.25, 0.3) is 0 Å². The van der Waals surface area contributed by atoms with Crippen LogP contribution in [0.5, 0.6) is 5.75 Å². The molecule has 2 heterocycles. The van der Waals surface area contributed by atoms with Gasteiger partial charge in [-0.15, -0.1) is 0 Å². The Morgan fingerprint density at radius 1 is 1.35 bits per heavy atom. The van der Waals surface area contributed by atoms with Crippen molar-refractivity contribution >= 4 is 11.9 Å². The summed E-state index contributed by atoms with van der Waals surface area (Å²) in [5, 5.41) is 2.87. The maximum atomic E-state index is 12.6. The molecule has 0 radical (unpaired) electrons. The minimum Gasteiger partial charge on any atom is -0.492 e. The first kappa shape index (κ1) is 15.3. The minimum atomic E-state index is -0.146. The summed E-state index contributed by atoms with van der Waals surface area (Å²) >= 11 is 0. The Kier molecular flexibility index (Phi) is 4.41. The summed E-state index contributed by atoms with van der Waals surface area (Å²) < 4.78 is 5.71. The number of hydrogen-bond acceptors (Lipinski definition) is 5. The van der Waals surface area contributed by atoms with Crippen molar-refractivity contribution < 1.29 is 9.53 Å². The lowest BCUT2D eigenvalue weighted by molar-refractivity contribution is -0.136. The fourth-order valence-electron chi connectivity index (χ4n) is 2.72. The molecule has 1 aliphatic rings. The van der Waals surface area contributed by atoms with Gasteiger partial charge in [-0.25, -0.2) is 9.97 Å². The second-order valence-electron chi connectivity index (χ2n) is 5.68. The molecule has 1 aliphatic heterocycles. The van der Waals surface area contributed by atoms with Crippen molar-refractivity contribution in [1.29, 1.82) is 0 Å². The molecule has 23 heavy (non-hydrogen) atoms. The molecule has 0 aliphatic carbocycles. The van der Waals surface area contributed by atoms with Crippen LogP contribution >= 0.6 is 0 Å². The Bertz CT molecular complexity index is 687. The van der Waals surface area contributed by atoms with E-state index in [4.69, 9.17) is 4.74 Å². The Morgan fingerprint density at radius 2 is 2.09 bits per heavy atom. The van der Waals surface area contributed by atoms with Gasteiger partial charge in [-0.05, 0) is 18.1 Å². The summed E-state index contributed by atoms with van der Waals surface area (Å²) in [5.74, 6) is 1.39. The molecule has 1 aromatic carbocycles. The topological polar surface area (TPSA) is 67.4 Å². The number of anilines is 1. The summed E-state index contributed by atoms with van der Waals surface area (Å²) in [7, 11) is 3.57. The van der Waals surface area contributed by atoms with Crippen molar-refractivity contribution in [3.05, 3.63) is 47.8 Å². The van der Waals surface area contributed by atoms with E-state index in [9.17, 15) is 4.79 Å². The Morgan fingerprint density at radius 3 is 2.83 bits per heavy atom. The molecule has 0 bridgehead atoms. The zero-order valence-electron chi connectivity index (χ0n) is 13.3. The molecule has 1 aromatic heterocycles. The highest BCUT2D eigenvalue weighted by molar-refractivity contribution is 5.79. The third-order valence-corrected chi connectivity index (χ3v) is 3.95. The largest absolute Gasteiger partial charge is 0.492 e. The average Bonchev–Trinajstić information content (AvgIpc) is 2.61. The molecule has 1 atom stereocenters. The van der Waals surface area contributed by atoms with Gasteiger partial charge in [0.1, 0.15) is 12.4 Å². The van der Waals surface area contributed by atoms with Crippen LogP contribution in [0.3, 0.4) is 0 Å². The van der Waals surface area contributed by atoms with Crippen LogP contribution in [0.2, 0.25) is 0 Å². The van der Waals surface area contributed by atoms with Crippen LogP contribution in [0.25, 0.3) is 0 Å². The molecular formula is C17H20N4O2. The first-order chi connectivity index (χ1) is 11.2. The van der Waals surface area contributed by atoms with Gasteiger partial charge < -0.3 is 15.0 Å². The first-order valence-electron chi connectivity index (χ1n) is 7.61. The number of fused-ring (bicyclic) bond motifs is 1. The Labute approximate surface area is 135 Å². The monoisotopic (exact) mass is 312 g/mol. The molecule has 1 amide bonds. The van der Waals surface area contributed by atoms with Crippen molar-refractivity contribution in [3.8, 4) is 5.75 Å². The second-order valence-corrected chi connectivity index (χ2v) is 5.68. The zero-order valence-corrected chi connectivity index (χ0v) is 13.3. The Hall–Kier alpha value is -2.63. The smallest absolute Gasteiger partial charge is 0.229 e. The van der Waals surface area contributed by atoms with E-state index >= 15 is 0 Å². The van der Waals surface area contributed by atoms with Crippen LogP contribution in [0.15, 0.2) is 36.7 Å². The van der Waals surface area contributed by atoms with Crippen LogP contribution in [-0.2, 0) is 17.8 Å². The van der Waals surface area contributed by atoms with Gasteiger partial charge in [0, 0.05) is 38.6 Å². The molecule has 0 saturated heterocycles. The van der Waals surface area contributed by atoms with E-state index in [1.54, 1.807) is 31.4 Å². The van der Waals surface area contributed by atoms with Crippen molar-refractivity contribution in [2.24, 2.45) is 5.92 Å². The molecular weight excluding hydrogens is 292 g/mol. The molecule has 2 aromatic rings. The van der Waals surface area contributed by atoms with E-state index < -0.39 is 0 Å². The summed E-state index contributed by atoms with van der Waals surface area (Å²) in [5.41, 5.74) is 1.99. The Balaban J connectivity index is 1.63. The fraction of sp³-hybridized carbons (Fsp3) is 0.353. The predicted molar refractivity (Wildman–Crippen MR) is 87.2 cm³/mol. The van der Waals surface area contributed by atoms with Crippen LogP contribution < -0.4 is 10.1 Å². The molecule has 3 rings (SSSR count). The normalized spacial score (nSPS) is 16.2. The molecule has 0 fully saturated rings. The van der Waals surface area contributed by atoms with Gasteiger partial charge in [-0.2, -0.15) is 0 Å². The number of hydrogen-bond donors (Lipinski definition) is 1. The molecule has 120 valence electrons. The lowest BCUT2D eigenvalue weighted by Gasteiger charge is -2.28. The lowest BCUT2D eigenvalue weighted by atomic mass is 9.95. The van der Waals surface area contributed by atoms with E-state index in [0.717, 1.165) is 16.9 Å². The van der Waals surface area contributed by atoms with Gasteiger partial charge in [0.15, 0.2) is 0 Å². The van der Waals surface area contributed by atoms with Crippen LogP contribution in [0.4, 0.5) is 5.95 Å². The minimum absolute atomic E-state index is 0.0807. The second kappa shape index (κ2) is 6.64. The van der Waals surface area contributed by atoms with E-state index in [2.05, 4.69) is 15.3 Å². The quantitative estimate of drug-likeness (QED) is 0.931. The van der Waals surface area contributed by atoms with Crippen molar-refractivity contribution in [1.82, 2.24) is 14.9 Å². The van der Waals surface area contributed by atoms with E-state index in [0.29, 0.717) is 25.5 Å². The number of rotatable bonds is 4. The van der Waals surface area contributed by atoms with Gasteiger partial charge >= 0.3 is 0 Å². The number of aromatic nitrogens is 2. The summed E-state index contributed by atoms with van der Waals surface area (Å²) in [6.45, 7) is 0.913. The van der Waals surface area contributed by atoms with Gasteiger partial charge in [0.2, 0.25) is 11.9 Å². The van der Waals surface area contributed by atoms with Crippen LogP contribution in [0, 0.1) is 5.92 Å². The number of carbonyl (C=O) groups is 1. The number of amides is 1. The molecule has 0 spiro atoms. The predicted octanol–water partition coefficient (Wildman–Crippen LogP) is 1.73. The molecule has 1 N–H and O–H groups in total.